The van der Waals surface area contributed by atoms with Crippen LogP contribution in [0.15, 0.2) is 0 Å². The second-order valence-electron chi connectivity index (χ2n) is 7.44. The lowest BCUT2D eigenvalue weighted by Crippen LogP contribution is -2.55. The van der Waals surface area contributed by atoms with E-state index in [0.29, 0.717) is 0 Å². The summed E-state index contributed by atoms with van der Waals surface area (Å²) in [6.45, 7) is 11.8. The van der Waals surface area contributed by atoms with Crippen molar-refractivity contribution in [2.75, 3.05) is 32.7 Å². The Morgan fingerprint density at radius 3 is 2.61 bits per heavy atom. The van der Waals surface area contributed by atoms with Crippen LogP contribution in [0.1, 0.15) is 52.9 Å². The van der Waals surface area contributed by atoms with Gasteiger partial charge in [-0.05, 0) is 58.5 Å². The average Bonchev–Trinajstić information content (AvgIpc) is 2.53. The highest BCUT2D eigenvalue weighted by Crippen LogP contribution is 2.25. The highest BCUT2D eigenvalue weighted by Gasteiger charge is 2.32. The Hall–Kier alpha value is -0.0300. The van der Waals surface area contributed by atoms with Crippen LogP contribution >= 0.6 is 24.8 Å². The molecule has 2 N–H and O–H groups in total. The first-order valence-corrected chi connectivity index (χ1v) is 8.76. The Labute approximate surface area is 154 Å². The number of amides is 1. The molecule has 2 rings (SSSR count). The summed E-state index contributed by atoms with van der Waals surface area (Å²) in [5, 5.41) is 6.52. The van der Waals surface area contributed by atoms with E-state index in [1.807, 2.05) is 0 Å². The van der Waals surface area contributed by atoms with Gasteiger partial charge in [-0.25, -0.2) is 0 Å². The molecule has 2 aliphatic rings. The second kappa shape index (κ2) is 10.8. The maximum Gasteiger partial charge on any atom is 0.224 e. The first kappa shape index (κ1) is 23.0. The monoisotopic (exact) mass is 367 g/mol. The van der Waals surface area contributed by atoms with Gasteiger partial charge in [-0.1, -0.05) is 13.3 Å². The maximum atomic E-state index is 12.3. The summed E-state index contributed by atoms with van der Waals surface area (Å²) in [6.07, 6.45) is 6.07. The molecule has 4 nitrogen and oxygen atoms in total. The molecule has 6 heteroatoms. The predicted octanol–water partition coefficient (Wildman–Crippen LogP) is 2.85. The molecule has 1 amide bonds. The molecule has 0 aromatic carbocycles. The number of hydrogen-bond acceptors (Lipinski definition) is 3. The molecule has 0 spiro atoms. The van der Waals surface area contributed by atoms with Gasteiger partial charge in [-0.3, -0.25) is 9.69 Å². The van der Waals surface area contributed by atoms with Crippen molar-refractivity contribution >= 4 is 30.7 Å². The summed E-state index contributed by atoms with van der Waals surface area (Å²) < 4.78 is 0. The van der Waals surface area contributed by atoms with Crippen molar-refractivity contribution < 1.29 is 4.79 Å². The van der Waals surface area contributed by atoms with E-state index < -0.39 is 0 Å². The van der Waals surface area contributed by atoms with Crippen molar-refractivity contribution in [3.05, 3.63) is 0 Å². The Kier molecular flexibility index (Phi) is 10.7. The highest BCUT2D eigenvalue weighted by molar-refractivity contribution is 5.85. The number of carbonyl (C=O) groups excluding carboxylic acids is 1. The third-order valence-corrected chi connectivity index (χ3v) is 5.32. The SMILES string of the molecule is CCC1CCCN(C(C)(C)CNC(=O)C2CCCNC2)C1.Cl.Cl. The lowest BCUT2D eigenvalue weighted by Gasteiger charge is -2.43. The van der Waals surface area contributed by atoms with Gasteiger partial charge in [-0.15, -0.1) is 24.8 Å². The lowest BCUT2D eigenvalue weighted by atomic mass is 9.90. The van der Waals surface area contributed by atoms with Crippen LogP contribution in [-0.4, -0.2) is 49.1 Å². The van der Waals surface area contributed by atoms with E-state index in [-0.39, 0.29) is 42.2 Å². The second-order valence-corrected chi connectivity index (χ2v) is 7.44. The Morgan fingerprint density at radius 2 is 2.00 bits per heavy atom. The Balaban J connectivity index is 0.00000242. The molecule has 23 heavy (non-hydrogen) atoms. The molecular weight excluding hydrogens is 333 g/mol. The zero-order chi connectivity index (χ0) is 15.3. The normalized spacial score (nSPS) is 25.9. The summed E-state index contributed by atoms with van der Waals surface area (Å²) >= 11 is 0. The molecule has 0 saturated carbocycles. The van der Waals surface area contributed by atoms with Gasteiger partial charge in [0.25, 0.3) is 0 Å². The predicted molar refractivity (Wildman–Crippen MR) is 102 cm³/mol. The molecule has 2 atom stereocenters. The number of piperidine rings is 2. The van der Waals surface area contributed by atoms with E-state index in [9.17, 15) is 4.79 Å². The fourth-order valence-electron chi connectivity index (χ4n) is 3.58. The van der Waals surface area contributed by atoms with E-state index in [2.05, 4.69) is 36.3 Å². The van der Waals surface area contributed by atoms with Gasteiger partial charge in [0.05, 0.1) is 5.92 Å². The number of likely N-dealkylation sites (tertiary alicyclic amines) is 1. The van der Waals surface area contributed by atoms with E-state index in [0.717, 1.165) is 38.4 Å². The van der Waals surface area contributed by atoms with Crippen molar-refractivity contribution in [2.45, 2.75) is 58.4 Å². The molecule has 0 bridgehead atoms. The van der Waals surface area contributed by atoms with Crippen molar-refractivity contribution in [2.24, 2.45) is 11.8 Å². The van der Waals surface area contributed by atoms with Crippen LogP contribution in [0.25, 0.3) is 0 Å². The van der Waals surface area contributed by atoms with Crippen LogP contribution in [0.3, 0.4) is 0 Å². The van der Waals surface area contributed by atoms with Crippen LogP contribution < -0.4 is 10.6 Å². The molecular formula is C17H35Cl2N3O. The minimum absolute atomic E-state index is 0. The van der Waals surface area contributed by atoms with Crippen molar-refractivity contribution in [1.29, 1.82) is 0 Å². The summed E-state index contributed by atoms with van der Waals surface area (Å²) in [5.41, 5.74) is 0.0611. The van der Waals surface area contributed by atoms with Crippen LogP contribution in [0.5, 0.6) is 0 Å². The molecule has 0 radical (unpaired) electrons. The van der Waals surface area contributed by atoms with E-state index >= 15 is 0 Å². The minimum atomic E-state index is 0. The zero-order valence-electron chi connectivity index (χ0n) is 14.9. The van der Waals surface area contributed by atoms with E-state index in [1.54, 1.807) is 0 Å². The molecule has 2 saturated heterocycles. The number of carbonyl (C=O) groups is 1. The quantitative estimate of drug-likeness (QED) is 0.784. The lowest BCUT2D eigenvalue weighted by molar-refractivity contribution is -0.126. The van der Waals surface area contributed by atoms with Crippen LogP contribution in [0.2, 0.25) is 0 Å². The number of nitrogens with one attached hydrogen (secondary N) is 2. The topological polar surface area (TPSA) is 44.4 Å². The molecule has 138 valence electrons. The zero-order valence-corrected chi connectivity index (χ0v) is 16.5. The fraction of sp³-hybridized carbons (Fsp3) is 0.941. The molecule has 2 fully saturated rings. The van der Waals surface area contributed by atoms with Crippen LogP contribution in [0.4, 0.5) is 0 Å². The first-order chi connectivity index (χ1) is 10.0. The molecule has 0 aromatic heterocycles. The molecule has 2 aliphatic heterocycles. The van der Waals surface area contributed by atoms with Gasteiger partial charge in [0, 0.05) is 25.2 Å². The van der Waals surface area contributed by atoms with Crippen LogP contribution in [0, 0.1) is 11.8 Å². The molecule has 0 aromatic rings. The first-order valence-electron chi connectivity index (χ1n) is 8.76. The van der Waals surface area contributed by atoms with Gasteiger partial charge in [0.2, 0.25) is 5.91 Å². The molecule has 2 heterocycles. The third kappa shape index (κ3) is 6.77. The van der Waals surface area contributed by atoms with Gasteiger partial charge in [0.1, 0.15) is 0 Å². The standard InChI is InChI=1S/C17H33N3O.2ClH/c1-4-14-7-6-10-20(12-14)17(2,3)13-19-16(21)15-8-5-9-18-11-15;;/h14-15,18H,4-13H2,1-3H3,(H,19,21);2*1H. The van der Waals surface area contributed by atoms with E-state index in [4.69, 9.17) is 0 Å². The van der Waals surface area contributed by atoms with Gasteiger partial charge in [0.15, 0.2) is 0 Å². The third-order valence-electron chi connectivity index (χ3n) is 5.32. The summed E-state index contributed by atoms with van der Waals surface area (Å²) in [4.78, 5) is 14.9. The van der Waals surface area contributed by atoms with Crippen LogP contribution in [-0.2, 0) is 4.79 Å². The van der Waals surface area contributed by atoms with Crippen molar-refractivity contribution in [1.82, 2.24) is 15.5 Å². The highest BCUT2D eigenvalue weighted by atomic mass is 35.5. The number of nitrogens with zero attached hydrogens (tertiary/aromatic N) is 1. The maximum absolute atomic E-state index is 12.3. The van der Waals surface area contributed by atoms with Gasteiger partial charge < -0.3 is 10.6 Å². The van der Waals surface area contributed by atoms with Gasteiger partial charge >= 0.3 is 0 Å². The number of hydrogen-bond donors (Lipinski definition) is 2. The van der Waals surface area contributed by atoms with E-state index in [1.165, 1.54) is 32.4 Å². The largest absolute Gasteiger partial charge is 0.354 e. The van der Waals surface area contributed by atoms with Crippen molar-refractivity contribution in [3.8, 4) is 0 Å². The minimum Gasteiger partial charge on any atom is -0.354 e. The Bertz CT molecular complexity index is 347. The summed E-state index contributed by atoms with van der Waals surface area (Å²) in [5.74, 6) is 1.23. The number of rotatable bonds is 5. The molecule has 2 unspecified atom stereocenters. The Morgan fingerprint density at radius 1 is 1.26 bits per heavy atom. The smallest absolute Gasteiger partial charge is 0.224 e. The number of halogens is 2. The average molecular weight is 368 g/mol. The summed E-state index contributed by atoms with van der Waals surface area (Å²) in [7, 11) is 0. The fourth-order valence-corrected chi connectivity index (χ4v) is 3.58. The summed E-state index contributed by atoms with van der Waals surface area (Å²) in [6, 6.07) is 0. The van der Waals surface area contributed by atoms with Gasteiger partial charge in [-0.2, -0.15) is 0 Å². The van der Waals surface area contributed by atoms with Crippen molar-refractivity contribution in [3.63, 3.8) is 0 Å². The molecule has 0 aliphatic carbocycles.